The molecule has 0 unspecified atom stereocenters. The molecule has 0 amide bonds. The number of hydrogen-bond acceptors (Lipinski definition) is 3. The summed E-state index contributed by atoms with van der Waals surface area (Å²) in [6.45, 7) is 0. The van der Waals surface area contributed by atoms with Crippen LogP contribution in [0, 0.1) is 17.1 Å². The van der Waals surface area contributed by atoms with E-state index in [-0.39, 0.29) is 5.82 Å². The van der Waals surface area contributed by atoms with Crippen molar-refractivity contribution in [3.05, 3.63) is 133 Å². The first-order chi connectivity index (χ1) is 20.1. The number of benzene rings is 6. The molecule has 6 aromatic carbocycles. The third-order valence-electron chi connectivity index (χ3n) is 7.77. The molecule has 0 aliphatic carbocycles. The minimum Gasteiger partial charge on any atom is -0.207 e. The van der Waals surface area contributed by atoms with E-state index in [4.69, 9.17) is 0 Å². The maximum atomic E-state index is 14.5. The standard InChI is InChI=1S/C37H20FNS2/c38-28-12-9-24(21-39)31(20-28)27-16-25(22-10-13-36-32(18-22)29-5-1-3-7-34(29)40-36)15-26(17-27)23-11-14-37-33(19-23)30-6-2-4-8-35(30)41-37/h1-20H. The molecular weight excluding hydrogens is 542 g/mol. The Bertz CT molecular complexity index is 2220. The van der Waals surface area contributed by atoms with Crippen LogP contribution in [-0.2, 0) is 0 Å². The highest BCUT2D eigenvalue weighted by Crippen LogP contribution is 2.41. The van der Waals surface area contributed by atoms with E-state index in [1.807, 2.05) is 0 Å². The molecule has 0 aliphatic rings. The van der Waals surface area contributed by atoms with Crippen molar-refractivity contribution in [1.82, 2.24) is 0 Å². The summed E-state index contributed by atoms with van der Waals surface area (Å²) < 4.78 is 19.5. The van der Waals surface area contributed by atoms with Crippen molar-refractivity contribution < 1.29 is 4.39 Å². The van der Waals surface area contributed by atoms with Crippen LogP contribution in [0.25, 0.3) is 73.7 Å². The Balaban J connectivity index is 1.38. The summed E-state index contributed by atoms with van der Waals surface area (Å²) >= 11 is 3.60. The van der Waals surface area contributed by atoms with Crippen molar-refractivity contribution >= 4 is 63.0 Å². The summed E-state index contributed by atoms with van der Waals surface area (Å²) in [5.74, 6) is -0.358. The molecule has 2 aromatic heterocycles. The average Bonchev–Trinajstić information content (AvgIpc) is 3.58. The Morgan fingerprint density at radius 3 is 1.54 bits per heavy atom. The van der Waals surface area contributed by atoms with Crippen molar-refractivity contribution in [2.75, 3.05) is 0 Å². The lowest BCUT2D eigenvalue weighted by Crippen LogP contribution is -1.90. The smallest absolute Gasteiger partial charge is 0.123 e. The predicted octanol–water partition coefficient (Wildman–Crippen LogP) is 11.4. The van der Waals surface area contributed by atoms with Gasteiger partial charge in [-0.2, -0.15) is 5.26 Å². The molecule has 41 heavy (non-hydrogen) atoms. The molecule has 0 N–H and O–H groups in total. The number of hydrogen-bond donors (Lipinski definition) is 0. The van der Waals surface area contributed by atoms with Crippen molar-refractivity contribution in [3.63, 3.8) is 0 Å². The molecule has 4 heteroatoms. The van der Waals surface area contributed by atoms with E-state index >= 15 is 0 Å². The van der Waals surface area contributed by atoms with Gasteiger partial charge in [0.1, 0.15) is 5.82 Å². The Morgan fingerprint density at radius 1 is 0.463 bits per heavy atom. The molecule has 0 fully saturated rings. The monoisotopic (exact) mass is 561 g/mol. The highest BCUT2D eigenvalue weighted by atomic mass is 32.1. The molecule has 0 spiro atoms. The number of fused-ring (bicyclic) bond motifs is 6. The molecule has 2 heterocycles. The molecule has 0 radical (unpaired) electrons. The molecule has 0 atom stereocenters. The largest absolute Gasteiger partial charge is 0.207 e. The van der Waals surface area contributed by atoms with Crippen LogP contribution < -0.4 is 0 Å². The van der Waals surface area contributed by atoms with Crippen LogP contribution in [0.2, 0.25) is 0 Å². The first kappa shape index (κ1) is 24.0. The van der Waals surface area contributed by atoms with Crippen molar-refractivity contribution in [1.29, 1.82) is 5.26 Å². The number of rotatable bonds is 3. The molecule has 8 aromatic rings. The van der Waals surface area contributed by atoms with Gasteiger partial charge in [0.15, 0.2) is 0 Å². The third-order valence-corrected chi connectivity index (χ3v) is 10.1. The summed E-state index contributed by atoms with van der Waals surface area (Å²) in [5.41, 5.74) is 6.09. The second-order valence-corrected chi connectivity index (χ2v) is 12.4. The zero-order chi connectivity index (χ0) is 27.5. The first-order valence-electron chi connectivity index (χ1n) is 13.3. The van der Waals surface area contributed by atoms with E-state index in [0.29, 0.717) is 11.1 Å². The molecule has 0 saturated carbocycles. The van der Waals surface area contributed by atoms with Crippen LogP contribution in [-0.4, -0.2) is 0 Å². The fourth-order valence-corrected chi connectivity index (χ4v) is 7.95. The Kier molecular flexibility index (Phi) is 5.50. The van der Waals surface area contributed by atoms with E-state index in [0.717, 1.165) is 27.8 Å². The van der Waals surface area contributed by atoms with Gasteiger partial charge in [-0.05, 0) is 101 Å². The summed E-state index contributed by atoms with van der Waals surface area (Å²) in [6.07, 6.45) is 0. The van der Waals surface area contributed by atoms with E-state index in [2.05, 4.69) is 109 Å². The number of thiophene rings is 2. The molecule has 0 aliphatic heterocycles. The average molecular weight is 562 g/mol. The van der Waals surface area contributed by atoms with Crippen LogP contribution >= 0.6 is 22.7 Å². The van der Waals surface area contributed by atoms with Crippen molar-refractivity contribution in [3.8, 4) is 39.4 Å². The number of nitrogens with zero attached hydrogens (tertiary/aromatic N) is 1. The lowest BCUT2D eigenvalue weighted by Gasteiger charge is -2.13. The lowest BCUT2D eigenvalue weighted by molar-refractivity contribution is 0.628. The van der Waals surface area contributed by atoms with Gasteiger partial charge in [-0.25, -0.2) is 4.39 Å². The summed E-state index contributed by atoms with van der Waals surface area (Å²) in [4.78, 5) is 0. The highest BCUT2D eigenvalue weighted by molar-refractivity contribution is 7.26. The SMILES string of the molecule is N#Cc1ccc(F)cc1-c1cc(-c2ccc3sc4ccccc4c3c2)cc(-c2ccc3sc4ccccc4c3c2)c1. The maximum absolute atomic E-state index is 14.5. The summed E-state index contributed by atoms with van der Waals surface area (Å²) in [5, 5.41) is 14.8. The zero-order valence-electron chi connectivity index (χ0n) is 21.7. The fourth-order valence-electron chi connectivity index (χ4n) is 5.78. The predicted molar refractivity (Wildman–Crippen MR) is 173 cm³/mol. The third kappa shape index (κ3) is 4.02. The van der Waals surface area contributed by atoms with Crippen molar-refractivity contribution in [2.45, 2.75) is 0 Å². The Labute approximate surface area is 244 Å². The maximum Gasteiger partial charge on any atom is 0.123 e. The topological polar surface area (TPSA) is 23.8 Å². The van der Waals surface area contributed by atoms with Gasteiger partial charge in [0.25, 0.3) is 0 Å². The van der Waals surface area contributed by atoms with Crippen molar-refractivity contribution in [2.24, 2.45) is 0 Å². The van der Waals surface area contributed by atoms with E-state index in [1.165, 1.54) is 52.5 Å². The second kappa shape index (κ2) is 9.38. The van der Waals surface area contributed by atoms with E-state index in [9.17, 15) is 9.65 Å². The highest BCUT2D eigenvalue weighted by Gasteiger charge is 2.14. The lowest BCUT2D eigenvalue weighted by atomic mass is 9.91. The molecule has 1 nitrogen and oxygen atoms in total. The normalized spacial score (nSPS) is 11.5. The number of halogens is 1. The van der Waals surface area contributed by atoms with Crippen LogP contribution in [0.3, 0.4) is 0 Å². The van der Waals surface area contributed by atoms with Gasteiger partial charge in [0.05, 0.1) is 11.6 Å². The van der Waals surface area contributed by atoms with Gasteiger partial charge in [0, 0.05) is 45.9 Å². The van der Waals surface area contributed by atoms with Crippen LogP contribution in [0.4, 0.5) is 4.39 Å². The summed E-state index contributed by atoms with van der Waals surface area (Å²) in [7, 11) is 0. The van der Waals surface area contributed by atoms with Gasteiger partial charge in [-0.15, -0.1) is 22.7 Å². The minimum absolute atomic E-state index is 0.358. The van der Waals surface area contributed by atoms with Gasteiger partial charge in [-0.1, -0.05) is 48.5 Å². The zero-order valence-corrected chi connectivity index (χ0v) is 23.3. The van der Waals surface area contributed by atoms with Gasteiger partial charge >= 0.3 is 0 Å². The Morgan fingerprint density at radius 2 is 0.976 bits per heavy atom. The summed E-state index contributed by atoms with van der Waals surface area (Å²) in [6, 6.07) is 43.2. The van der Waals surface area contributed by atoms with Crippen LogP contribution in [0.15, 0.2) is 121 Å². The van der Waals surface area contributed by atoms with Gasteiger partial charge in [0.2, 0.25) is 0 Å². The molecule has 0 saturated heterocycles. The van der Waals surface area contributed by atoms with E-state index in [1.54, 1.807) is 28.7 Å². The van der Waals surface area contributed by atoms with Crippen LogP contribution in [0.1, 0.15) is 5.56 Å². The molecule has 8 rings (SSSR count). The molecular formula is C37H20FNS2. The molecule has 0 bridgehead atoms. The number of nitriles is 1. The van der Waals surface area contributed by atoms with Gasteiger partial charge < -0.3 is 0 Å². The molecule has 192 valence electrons. The van der Waals surface area contributed by atoms with E-state index < -0.39 is 0 Å². The Hall–Kier alpha value is -4.82. The minimum atomic E-state index is -0.358. The van der Waals surface area contributed by atoms with Crippen LogP contribution in [0.5, 0.6) is 0 Å². The van der Waals surface area contributed by atoms with Gasteiger partial charge in [-0.3, -0.25) is 0 Å². The second-order valence-electron chi connectivity index (χ2n) is 10.2. The first-order valence-corrected chi connectivity index (χ1v) is 15.0. The quantitative estimate of drug-likeness (QED) is 0.210. The fraction of sp³-hybridized carbons (Fsp3) is 0.